The average Bonchev–Trinajstić information content (AvgIpc) is 2.84. The molecule has 0 aromatic carbocycles. The molecule has 4 N–H and O–H groups in total. The molecular weight excluding hydrogens is 292 g/mol. The number of ether oxygens (including phenoxy) is 1. The third-order valence-corrected chi connectivity index (χ3v) is 4.05. The molecular formula is C16H22N6O. The van der Waals surface area contributed by atoms with E-state index in [1.54, 1.807) is 6.20 Å². The first-order valence-electron chi connectivity index (χ1n) is 7.71. The summed E-state index contributed by atoms with van der Waals surface area (Å²) in [6, 6.07) is 4.03. The van der Waals surface area contributed by atoms with Crippen LogP contribution in [-0.2, 0) is 13.0 Å². The summed E-state index contributed by atoms with van der Waals surface area (Å²) < 4.78 is 6.06. The summed E-state index contributed by atoms with van der Waals surface area (Å²) in [5.41, 5.74) is 13.2. The summed E-state index contributed by atoms with van der Waals surface area (Å²) in [6.45, 7) is 6.69. The van der Waals surface area contributed by atoms with Crippen molar-refractivity contribution >= 4 is 11.8 Å². The minimum atomic E-state index is -0.392. The van der Waals surface area contributed by atoms with E-state index in [1.165, 1.54) is 5.56 Å². The summed E-state index contributed by atoms with van der Waals surface area (Å²) in [5, 5.41) is 0. The second-order valence-corrected chi connectivity index (χ2v) is 6.14. The van der Waals surface area contributed by atoms with Crippen molar-refractivity contribution in [2.45, 2.75) is 32.4 Å². The first-order chi connectivity index (χ1) is 11.0. The van der Waals surface area contributed by atoms with Gasteiger partial charge >= 0.3 is 0 Å². The van der Waals surface area contributed by atoms with Crippen LogP contribution in [0.3, 0.4) is 0 Å². The van der Waals surface area contributed by atoms with Gasteiger partial charge in [0.2, 0.25) is 11.8 Å². The molecule has 7 nitrogen and oxygen atoms in total. The summed E-state index contributed by atoms with van der Waals surface area (Å²) in [5.74, 6) is 1.06. The Morgan fingerprint density at radius 2 is 2.17 bits per heavy atom. The van der Waals surface area contributed by atoms with Gasteiger partial charge in [-0.15, -0.1) is 0 Å². The molecule has 1 aliphatic rings. The van der Waals surface area contributed by atoms with Crippen LogP contribution < -0.4 is 16.2 Å². The molecule has 0 fully saturated rings. The van der Waals surface area contributed by atoms with Crippen LogP contribution in [0.15, 0.2) is 24.5 Å². The molecule has 7 heteroatoms. The summed E-state index contributed by atoms with van der Waals surface area (Å²) in [4.78, 5) is 14.7. The quantitative estimate of drug-likeness (QED) is 0.856. The normalized spacial score (nSPS) is 19.6. The molecule has 0 saturated carbocycles. The Balaban J connectivity index is 1.73. The summed E-state index contributed by atoms with van der Waals surface area (Å²) >= 11 is 0. The van der Waals surface area contributed by atoms with E-state index in [2.05, 4.69) is 39.8 Å². The highest BCUT2D eigenvalue weighted by molar-refractivity contribution is 5.52. The molecule has 122 valence electrons. The predicted molar refractivity (Wildman–Crippen MR) is 88.8 cm³/mol. The van der Waals surface area contributed by atoms with E-state index < -0.39 is 5.60 Å². The fraction of sp³-hybridized carbons (Fsp3) is 0.438. The van der Waals surface area contributed by atoms with Gasteiger partial charge in [0.05, 0.1) is 5.56 Å². The van der Waals surface area contributed by atoms with Crippen LogP contribution in [0.4, 0.5) is 11.8 Å². The molecule has 0 aliphatic carbocycles. The molecule has 0 saturated heterocycles. The molecule has 1 atom stereocenters. The van der Waals surface area contributed by atoms with Gasteiger partial charge in [-0.05, 0) is 25.1 Å². The van der Waals surface area contributed by atoms with E-state index in [0.717, 1.165) is 25.2 Å². The number of nitrogens with two attached hydrogens (primary N) is 2. The number of fused-ring (bicyclic) bond motifs is 1. The van der Waals surface area contributed by atoms with E-state index in [9.17, 15) is 0 Å². The summed E-state index contributed by atoms with van der Waals surface area (Å²) in [6.07, 6.45) is 4.35. The van der Waals surface area contributed by atoms with Gasteiger partial charge in [0.25, 0.3) is 0 Å². The SMILES string of the molecule is CCN(Cc1cccnc1)CC1(C)Cc2c(N)nc(N)nc2O1. The van der Waals surface area contributed by atoms with Gasteiger partial charge in [-0.3, -0.25) is 9.88 Å². The third kappa shape index (κ3) is 3.34. The molecule has 2 aromatic heterocycles. The lowest BCUT2D eigenvalue weighted by atomic mass is 9.99. The van der Waals surface area contributed by atoms with E-state index >= 15 is 0 Å². The topological polar surface area (TPSA) is 103 Å². The number of rotatable bonds is 5. The number of nitrogens with zero attached hydrogens (tertiary/aromatic N) is 4. The highest BCUT2D eigenvalue weighted by Crippen LogP contribution is 2.37. The van der Waals surface area contributed by atoms with Crippen LogP contribution >= 0.6 is 0 Å². The van der Waals surface area contributed by atoms with Gasteiger partial charge in [-0.1, -0.05) is 13.0 Å². The predicted octanol–water partition coefficient (Wildman–Crippen LogP) is 1.25. The smallest absolute Gasteiger partial charge is 0.225 e. The first-order valence-corrected chi connectivity index (χ1v) is 7.71. The maximum atomic E-state index is 6.06. The van der Waals surface area contributed by atoms with Crippen molar-refractivity contribution in [3.8, 4) is 5.88 Å². The number of aromatic nitrogens is 3. The average molecular weight is 314 g/mol. The van der Waals surface area contributed by atoms with Crippen molar-refractivity contribution in [2.24, 2.45) is 0 Å². The molecule has 0 bridgehead atoms. The second kappa shape index (κ2) is 6.00. The highest BCUT2D eigenvalue weighted by atomic mass is 16.5. The van der Waals surface area contributed by atoms with E-state index in [1.807, 2.05) is 12.3 Å². The zero-order valence-electron chi connectivity index (χ0n) is 13.5. The van der Waals surface area contributed by atoms with Gasteiger partial charge in [-0.2, -0.15) is 9.97 Å². The zero-order valence-corrected chi connectivity index (χ0v) is 13.5. The van der Waals surface area contributed by atoms with Crippen molar-refractivity contribution in [3.63, 3.8) is 0 Å². The lowest BCUT2D eigenvalue weighted by Crippen LogP contribution is -2.44. The Bertz CT molecular complexity index is 692. The third-order valence-electron chi connectivity index (χ3n) is 4.05. The molecule has 1 aliphatic heterocycles. The van der Waals surface area contributed by atoms with Crippen molar-refractivity contribution < 1.29 is 4.74 Å². The molecule has 1 unspecified atom stereocenters. The number of nitrogen functional groups attached to an aromatic ring is 2. The molecule has 0 radical (unpaired) electrons. The first kappa shape index (κ1) is 15.5. The Labute approximate surface area is 135 Å². The lowest BCUT2D eigenvalue weighted by Gasteiger charge is -2.31. The van der Waals surface area contributed by atoms with E-state index in [0.29, 0.717) is 18.1 Å². The van der Waals surface area contributed by atoms with Crippen LogP contribution in [-0.4, -0.2) is 38.5 Å². The largest absolute Gasteiger partial charge is 0.469 e. The summed E-state index contributed by atoms with van der Waals surface area (Å²) in [7, 11) is 0. The van der Waals surface area contributed by atoms with Crippen LogP contribution in [0.25, 0.3) is 0 Å². The fourth-order valence-corrected chi connectivity index (χ4v) is 2.98. The van der Waals surface area contributed by atoms with Crippen LogP contribution in [0, 0.1) is 0 Å². The zero-order chi connectivity index (χ0) is 16.4. The van der Waals surface area contributed by atoms with Gasteiger partial charge in [0.15, 0.2) is 0 Å². The molecule has 2 aromatic rings. The van der Waals surface area contributed by atoms with Crippen molar-refractivity contribution in [2.75, 3.05) is 24.6 Å². The number of hydrogen-bond acceptors (Lipinski definition) is 7. The monoisotopic (exact) mass is 314 g/mol. The van der Waals surface area contributed by atoms with Crippen molar-refractivity contribution in [1.82, 2.24) is 19.9 Å². The Kier molecular flexibility index (Phi) is 4.04. The Morgan fingerprint density at radius 3 is 2.87 bits per heavy atom. The molecule has 3 heterocycles. The number of anilines is 2. The fourth-order valence-electron chi connectivity index (χ4n) is 2.98. The van der Waals surface area contributed by atoms with Gasteiger partial charge in [0, 0.05) is 31.9 Å². The molecule has 0 spiro atoms. The van der Waals surface area contributed by atoms with E-state index in [4.69, 9.17) is 16.2 Å². The maximum Gasteiger partial charge on any atom is 0.225 e. The maximum absolute atomic E-state index is 6.06. The minimum absolute atomic E-state index is 0.146. The molecule has 23 heavy (non-hydrogen) atoms. The standard InChI is InChI=1S/C16H22N6O/c1-3-22(9-11-5-4-6-19-8-11)10-16(2)7-12-13(17)20-15(18)21-14(12)23-16/h4-6,8H,3,7,9-10H2,1-2H3,(H4,17,18,20,21). The Hall–Kier alpha value is -2.41. The molecule has 0 amide bonds. The van der Waals surface area contributed by atoms with Gasteiger partial charge in [-0.25, -0.2) is 0 Å². The lowest BCUT2D eigenvalue weighted by molar-refractivity contribution is 0.0591. The van der Waals surface area contributed by atoms with Gasteiger partial charge < -0.3 is 16.2 Å². The van der Waals surface area contributed by atoms with Gasteiger partial charge in [0.1, 0.15) is 11.4 Å². The second-order valence-electron chi connectivity index (χ2n) is 6.14. The number of hydrogen-bond donors (Lipinski definition) is 2. The number of likely N-dealkylation sites (N-methyl/N-ethyl adjacent to an activating group) is 1. The highest BCUT2D eigenvalue weighted by Gasteiger charge is 2.39. The number of pyridine rings is 1. The van der Waals surface area contributed by atoms with Crippen LogP contribution in [0.2, 0.25) is 0 Å². The van der Waals surface area contributed by atoms with Crippen molar-refractivity contribution in [1.29, 1.82) is 0 Å². The molecule has 3 rings (SSSR count). The van der Waals surface area contributed by atoms with Crippen LogP contribution in [0.1, 0.15) is 25.0 Å². The van der Waals surface area contributed by atoms with E-state index in [-0.39, 0.29) is 5.95 Å². The van der Waals surface area contributed by atoms with Crippen molar-refractivity contribution in [3.05, 3.63) is 35.7 Å². The Morgan fingerprint density at radius 1 is 1.35 bits per heavy atom. The minimum Gasteiger partial charge on any atom is -0.469 e. The van der Waals surface area contributed by atoms with Crippen LogP contribution in [0.5, 0.6) is 5.88 Å².